The first-order valence-electron chi connectivity index (χ1n) is 12.8. The van der Waals surface area contributed by atoms with Gasteiger partial charge in [0, 0.05) is 37.9 Å². The Kier molecular flexibility index (Phi) is 6.90. The third-order valence-electron chi connectivity index (χ3n) is 8.35. The van der Waals surface area contributed by atoms with Crippen LogP contribution in [0.3, 0.4) is 0 Å². The second-order valence-corrected chi connectivity index (χ2v) is 10.6. The zero-order valence-electron chi connectivity index (χ0n) is 20.5. The first-order chi connectivity index (χ1) is 17.7. The molecule has 0 radical (unpaired) electrons. The van der Waals surface area contributed by atoms with Crippen molar-refractivity contribution in [2.24, 2.45) is 5.92 Å². The van der Waals surface area contributed by atoms with Crippen molar-refractivity contribution in [2.75, 3.05) is 31.5 Å². The van der Waals surface area contributed by atoms with Gasteiger partial charge in [-0.15, -0.1) is 0 Å². The number of aliphatic hydroxyl groups is 1. The van der Waals surface area contributed by atoms with Crippen LogP contribution in [-0.4, -0.2) is 59.3 Å². The molecule has 1 saturated heterocycles. The van der Waals surface area contributed by atoms with Crippen LogP contribution in [-0.2, 0) is 11.6 Å². The summed E-state index contributed by atoms with van der Waals surface area (Å²) in [5.74, 6) is 0.426. The van der Waals surface area contributed by atoms with Gasteiger partial charge >= 0.3 is 12.2 Å². The number of amides is 2. The van der Waals surface area contributed by atoms with Crippen LogP contribution in [0.15, 0.2) is 48.5 Å². The van der Waals surface area contributed by atoms with Gasteiger partial charge in [-0.05, 0) is 85.4 Å². The standard InChI is InChI=1S/C28H31F3N4O2/c29-28(30,31)20-4-6-23(7-5-20)33-26(37)35(13-12-34-11-9-25(36)18-34)24-8-10-27(16-22(27)15-24)21-3-1-2-19(14-21)17-32/h1-7,14,22,24-25,36H,8-13,15-16,18H2,(H,33,37)/t22?,24-,25?,27-/m1/s1. The number of rotatable bonds is 6. The van der Waals surface area contributed by atoms with Crippen LogP contribution in [0.4, 0.5) is 23.7 Å². The average Bonchev–Trinajstić information content (AvgIpc) is 3.48. The molecule has 9 heteroatoms. The minimum atomic E-state index is -4.43. The Morgan fingerprint density at radius 3 is 2.65 bits per heavy atom. The number of alkyl halides is 3. The van der Waals surface area contributed by atoms with E-state index in [4.69, 9.17) is 0 Å². The second kappa shape index (κ2) is 9.99. The van der Waals surface area contributed by atoms with Crippen LogP contribution in [0.25, 0.3) is 0 Å². The summed E-state index contributed by atoms with van der Waals surface area (Å²) in [6.07, 6.45) is -0.445. The molecule has 1 heterocycles. The molecule has 6 nitrogen and oxygen atoms in total. The van der Waals surface area contributed by atoms with Crippen LogP contribution in [0.5, 0.6) is 0 Å². The SMILES string of the molecule is N#Cc1cccc([C@]23CC[C@@H](N(CCN4CCC(O)C4)C(=O)Nc4ccc(C(F)(F)F)cc4)CC2C3)c1. The van der Waals surface area contributed by atoms with Gasteiger partial charge < -0.3 is 15.3 Å². The number of halogens is 3. The molecule has 4 atom stereocenters. The van der Waals surface area contributed by atoms with Crippen LogP contribution >= 0.6 is 0 Å². The number of anilines is 1. The van der Waals surface area contributed by atoms with Gasteiger partial charge in [-0.1, -0.05) is 12.1 Å². The van der Waals surface area contributed by atoms with E-state index in [1.54, 1.807) is 0 Å². The van der Waals surface area contributed by atoms with Gasteiger partial charge in [-0.25, -0.2) is 4.79 Å². The van der Waals surface area contributed by atoms with E-state index in [1.165, 1.54) is 17.7 Å². The fourth-order valence-corrected chi connectivity index (χ4v) is 6.20. The zero-order chi connectivity index (χ0) is 26.2. The highest BCUT2D eigenvalue weighted by molar-refractivity contribution is 5.89. The molecule has 2 aliphatic carbocycles. The maximum absolute atomic E-state index is 13.4. The molecule has 0 spiro atoms. The average molecular weight is 513 g/mol. The molecule has 196 valence electrons. The highest BCUT2D eigenvalue weighted by atomic mass is 19.4. The summed E-state index contributed by atoms with van der Waals surface area (Å²) in [7, 11) is 0. The molecule has 0 aromatic heterocycles. The second-order valence-electron chi connectivity index (χ2n) is 10.6. The van der Waals surface area contributed by atoms with Crippen molar-refractivity contribution in [2.45, 2.75) is 55.8 Å². The van der Waals surface area contributed by atoms with Crippen molar-refractivity contribution < 1.29 is 23.1 Å². The normalized spacial score (nSPS) is 27.3. The number of benzene rings is 2. The Hall–Kier alpha value is -3.09. The highest BCUT2D eigenvalue weighted by Gasteiger charge is 2.58. The Bertz CT molecular complexity index is 1180. The van der Waals surface area contributed by atoms with E-state index >= 15 is 0 Å². The summed E-state index contributed by atoms with van der Waals surface area (Å²) in [4.78, 5) is 17.4. The van der Waals surface area contributed by atoms with Gasteiger partial charge in [0.15, 0.2) is 0 Å². The summed E-state index contributed by atoms with van der Waals surface area (Å²) in [5, 5.41) is 22.0. The molecule has 5 rings (SSSR count). The lowest BCUT2D eigenvalue weighted by molar-refractivity contribution is -0.137. The number of hydrogen-bond acceptors (Lipinski definition) is 4. The van der Waals surface area contributed by atoms with Crippen molar-refractivity contribution in [3.8, 4) is 6.07 Å². The monoisotopic (exact) mass is 512 g/mol. The number of carbonyl (C=O) groups is 1. The summed E-state index contributed by atoms with van der Waals surface area (Å²) >= 11 is 0. The van der Waals surface area contributed by atoms with Gasteiger partial charge in [-0.2, -0.15) is 18.4 Å². The number of fused-ring (bicyclic) bond motifs is 1. The van der Waals surface area contributed by atoms with Crippen LogP contribution in [0.1, 0.15) is 48.8 Å². The molecule has 2 saturated carbocycles. The Morgan fingerprint density at radius 1 is 1.22 bits per heavy atom. The first-order valence-corrected chi connectivity index (χ1v) is 12.8. The minimum Gasteiger partial charge on any atom is -0.392 e. The first kappa shape index (κ1) is 25.6. The number of nitrogens with zero attached hydrogens (tertiary/aromatic N) is 3. The van der Waals surface area contributed by atoms with Crippen LogP contribution < -0.4 is 5.32 Å². The molecule has 2 aromatic rings. The van der Waals surface area contributed by atoms with E-state index < -0.39 is 11.7 Å². The quantitative estimate of drug-likeness (QED) is 0.572. The molecule has 0 bridgehead atoms. The highest BCUT2D eigenvalue weighted by Crippen LogP contribution is 2.62. The largest absolute Gasteiger partial charge is 0.416 e. The van der Waals surface area contributed by atoms with E-state index in [2.05, 4.69) is 22.4 Å². The number of β-amino-alcohol motifs (C(OH)–C–C–N with tert-alkyl or cyclic N) is 1. The Balaban J connectivity index is 1.28. The van der Waals surface area contributed by atoms with Crippen molar-refractivity contribution >= 4 is 11.7 Å². The Morgan fingerprint density at radius 2 is 2.00 bits per heavy atom. The maximum atomic E-state index is 13.4. The van der Waals surface area contributed by atoms with Gasteiger partial charge in [0.1, 0.15) is 0 Å². The predicted octanol–water partition coefficient (Wildman–Crippen LogP) is 4.99. The zero-order valence-corrected chi connectivity index (χ0v) is 20.5. The van der Waals surface area contributed by atoms with Crippen molar-refractivity contribution in [3.63, 3.8) is 0 Å². The van der Waals surface area contributed by atoms with Crippen molar-refractivity contribution in [3.05, 3.63) is 65.2 Å². The number of urea groups is 1. The molecule has 1 aliphatic heterocycles. The minimum absolute atomic E-state index is 0.0155. The summed E-state index contributed by atoms with van der Waals surface area (Å²) in [6, 6.07) is 14.2. The number of nitriles is 1. The molecule has 2 unspecified atom stereocenters. The Labute approximate surface area is 214 Å². The molecule has 2 amide bonds. The number of carbonyl (C=O) groups excluding carboxylic acids is 1. The molecule has 2 N–H and O–H groups in total. The van der Waals surface area contributed by atoms with E-state index in [0.29, 0.717) is 43.2 Å². The van der Waals surface area contributed by atoms with Crippen LogP contribution in [0.2, 0.25) is 0 Å². The topological polar surface area (TPSA) is 79.6 Å². The van der Waals surface area contributed by atoms with E-state index in [1.807, 2.05) is 23.1 Å². The van der Waals surface area contributed by atoms with Crippen molar-refractivity contribution in [1.82, 2.24) is 9.80 Å². The van der Waals surface area contributed by atoms with Gasteiger partial charge in [0.05, 0.1) is 23.3 Å². The molecule has 3 fully saturated rings. The summed E-state index contributed by atoms with van der Waals surface area (Å²) in [5.41, 5.74) is 1.49. The molecule has 37 heavy (non-hydrogen) atoms. The lowest BCUT2D eigenvalue weighted by Crippen LogP contribution is -2.48. The van der Waals surface area contributed by atoms with E-state index in [0.717, 1.165) is 44.4 Å². The molecular weight excluding hydrogens is 481 g/mol. The lowest BCUT2D eigenvalue weighted by atomic mass is 9.80. The summed E-state index contributed by atoms with van der Waals surface area (Å²) in [6.45, 7) is 2.47. The van der Waals surface area contributed by atoms with Crippen molar-refractivity contribution in [1.29, 1.82) is 5.26 Å². The van der Waals surface area contributed by atoms with E-state index in [-0.39, 0.29) is 23.6 Å². The number of hydrogen-bond donors (Lipinski definition) is 2. The fourth-order valence-electron chi connectivity index (χ4n) is 6.20. The van der Waals surface area contributed by atoms with E-state index in [9.17, 15) is 28.3 Å². The third-order valence-corrected chi connectivity index (χ3v) is 8.35. The van der Waals surface area contributed by atoms with Crippen LogP contribution in [0, 0.1) is 17.2 Å². The lowest BCUT2D eigenvalue weighted by Gasteiger charge is -2.37. The molecular formula is C28H31F3N4O2. The predicted molar refractivity (Wildman–Crippen MR) is 133 cm³/mol. The fraction of sp³-hybridized carbons (Fsp3) is 0.500. The number of nitrogens with one attached hydrogen (secondary N) is 1. The molecule has 3 aliphatic rings. The van der Waals surface area contributed by atoms with Gasteiger partial charge in [0.25, 0.3) is 0 Å². The number of aliphatic hydroxyl groups excluding tert-OH is 1. The smallest absolute Gasteiger partial charge is 0.392 e. The maximum Gasteiger partial charge on any atom is 0.416 e. The van der Waals surface area contributed by atoms with Gasteiger partial charge in [-0.3, -0.25) is 4.90 Å². The number of likely N-dealkylation sites (tertiary alicyclic amines) is 1. The summed E-state index contributed by atoms with van der Waals surface area (Å²) < 4.78 is 38.8. The van der Waals surface area contributed by atoms with Gasteiger partial charge in [0.2, 0.25) is 0 Å². The molecule has 2 aromatic carbocycles. The third kappa shape index (κ3) is 5.46.